The predicted octanol–water partition coefficient (Wildman–Crippen LogP) is 6.21. The van der Waals surface area contributed by atoms with Crippen LogP contribution in [0.1, 0.15) is 101 Å². The van der Waals surface area contributed by atoms with Gasteiger partial charge in [0.15, 0.2) is 0 Å². The number of aromatic nitrogens is 1. The molecular formula is C30H44FN3O4. The number of carbonyl (C=O) groups is 2. The van der Waals surface area contributed by atoms with Gasteiger partial charge in [-0.2, -0.15) is 0 Å². The summed E-state index contributed by atoms with van der Waals surface area (Å²) >= 11 is 0. The first-order chi connectivity index (χ1) is 18.4. The van der Waals surface area contributed by atoms with E-state index < -0.39 is 17.2 Å². The zero-order valence-electron chi connectivity index (χ0n) is 23.1. The number of rotatable bonds is 15. The van der Waals surface area contributed by atoms with Gasteiger partial charge in [0.25, 0.3) is 0 Å². The van der Waals surface area contributed by atoms with Crippen molar-refractivity contribution in [3.63, 3.8) is 0 Å². The quantitative estimate of drug-likeness (QED) is 0.278. The molecule has 38 heavy (non-hydrogen) atoms. The van der Waals surface area contributed by atoms with E-state index in [0.29, 0.717) is 50.3 Å². The number of hydrogen-bond donors (Lipinski definition) is 1. The molecule has 1 fully saturated rings. The number of hydrogen-bond acceptors (Lipinski definition) is 4. The fraction of sp³-hybridized carbons (Fsp3) is 0.633. The number of nitrogens with zero attached hydrogens (tertiary/aromatic N) is 3. The molecule has 2 heterocycles. The molecule has 1 saturated heterocycles. The highest BCUT2D eigenvalue weighted by atomic mass is 19.1. The van der Waals surface area contributed by atoms with Gasteiger partial charge in [-0.05, 0) is 25.5 Å². The number of aromatic carboxylic acids is 1. The third-order valence-electron chi connectivity index (χ3n) is 7.69. The summed E-state index contributed by atoms with van der Waals surface area (Å²) in [5.41, 5.74) is -0.162. The van der Waals surface area contributed by atoms with E-state index in [1.54, 1.807) is 10.6 Å². The van der Waals surface area contributed by atoms with E-state index in [-0.39, 0.29) is 16.9 Å². The number of unbranched alkanes of at least 4 members (excludes halogenated alkanes) is 10. The number of fused-ring (bicyclic) bond motifs is 1. The first-order valence-electron chi connectivity index (χ1n) is 14.5. The smallest absolute Gasteiger partial charge is 0.341 e. The van der Waals surface area contributed by atoms with Crippen LogP contribution in [0.25, 0.3) is 10.9 Å². The first-order valence-corrected chi connectivity index (χ1v) is 14.5. The summed E-state index contributed by atoms with van der Waals surface area (Å²) in [7, 11) is 0. The molecule has 7 nitrogen and oxygen atoms in total. The van der Waals surface area contributed by atoms with Crippen molar-refractivity contribution in [1.29, 1.82) is 0 Å². The van der Waals surface area contributed by atoms with Crippen LogP contribution in [0.15, 0.2) is 23.1 Å². The van der Waals surface area contributed by atoms with Crippen LogP contribution in [-0.4, -0.2) is 52.6 Å². The molecule has 0 saturated carbocycles. The number of pyridine rings is 1. The van der Waals surface area contributed by atoms with Crippen molar-refractivity contribution in [3.8, 4) is 0 Å². The Bertz CT molecular complexity index is 1140. The van der Waals surface area contributed by atoms with Gasteiger partial charge in [0.1, 0.15) is 11.4 Å². The Labute approximate surface area is 225 Å². The topological polar surface area (TPSA) is 82.8 Å². The van der Waals surface area contributed by atoms with Gasteiger partial charge in [-0.1, -0.05) is 71.1 Å². The number of carbonyl (C=O) groups excluding carboxylic acids is 1. The summed E-state index contributed by atoms with van der Waals surface area (Å²) in [5, 5.41) is 9.40. The molecule has 1 aliphatic heterocycles. The number of halogens is 1. The van der Waals surface area contributed by atoms with Gasteiger partial charge in [-0.25, -0.2) is 9.18 Å². The molecule has 0 spiro atoms. The molecule has 1 aromatic heterocycles. The Morgan fingerprint density at radius 3 is 2.00 bits per heavy atom. The van der Waals surface area contributed by atoms with Crippen LogP contribution in [0.4, 0.5) is 10.1 Å². The highest BCUT2D eigenvalue weighted by molar-refractivity contribution is 5.93. The molecule has 0 bridgehead atoms. The summed E-state index contributed by atoms with van der Waals surface area (Å²) in [5.74, 6) is -1.71. The standard InChI is InChI=1S/C30H44FN3O4/c1-3-5-6-7-8-9-10-11-12-13-14-15-28(35)34-18-16-33(17-19-34)27-21-26-23(20-25(27)31)29(36)24(30(37)38)22-32(26)4-2/h20-22H,3-19H2,1-2H3,(H,37,38). The molecule has 1 aliphatic rings. The number of amides is 1. The number of benzene rings is 1. The van der Waals surface area contributed by atoms with E-state index in [2.05, 4.69) is 6.92 Å². The summed E-state index contributed by atoms with van der Waals surface area (Å²) in [6, 6.07) is 2.78. The minimum Gasteiger partial charge on any atom is -0.477 e. The van der Waals surface area contributed by atoms with Crippen molar-refractivity contribution in [2.75, 3.05) is 31.1 Å². The van der Waals surface area contributed by atoms with E-state index in [0.717, 1.165) is 18.9 Å². The number of carboxylic acids is 1. The van der Waals surface area contributed by atoms with Crippen molar-refractivity contribution in [3.05, 3.63) is 39.9 Å². The van der Waals surface area contributed by atoms with Crippen molar-refractivity contribution < 1.29 is 19.1 Å². The predicted molar refractivity (Wildman–Crippen MR) is 151 cm³/mol. The Kier molecular flexibility index (Phi) is 11.6. The molecule has 1 aromatic carbocycles. The highest BCUT2D eigenvalue weighted by Gasteiger charge is 2.24. The Morgan fingerprint density at radius 1 is 0.868 bits per heavy atom. The fourth-order valence-corrected chi connectivity index (χ4v) is 5.35. The molecule has 1 N–H and O–H groups in total. The van der Waals surface area contributed by atoms with Gasteiger partial charge in [0.2, 0.25) is 11.3 Å². The molecule has 0 aliphatic carbocycles. The fourth-order valence-electron chi connectivity index (χ4n) is 5.35. The van der Waals surface area contributed by atoms with E-state index >= 15 is 4.39 Å². The van der Waals surface area contributed by atoms with Crippen LogP contribution in [0.5, 0.6) is 0 Å². The van der Waals surface area contributed by atoms with Crippen molar-refractivity contribution in [1.82, 2.24) is 9.47 Å². The third kappa shape index (κ3) is 7.81. The zero-order chi connectivity index (χ0) is 27.5. The maximum atomic E-state index is 15.1. The minimum absolute atomic E-state index is 0.0637. The number of aryl methyl sites for hydroxylation is 1. The second-order valence-electron chi connectivity index (χ2n) is 10.4. The molecule has 2 aromatic rings. The average molecular weight is 530 g/mol. The van der Waals surface area contributed by atoms with Crippen LogP contribution < -0.4 is 10.3 Å². The minimum atomic E-state index is -1.32. The SMILES string of the molecule is CCCCCCCCCCCCCC(=O)N1CCN(c2cc3c(cc2F)c(=O)c(C(=O)O)cn3CC)CC1. The summed E-state index contributed by atoms with van der Waals surface area (Å²) in [6.07, 6.45) is 15.7. The number of piperazine rings is 1. The second-order valence-corrected chi connectivity index (χ2v) is 10.4. The molecule has 1 amide bonds. The summed E-state index contributed by atoms with van der Waals surface area (Å²) < 4.78 is 16.7. The van der Waals surface area contributed by atoms with Crippen molar-refractivity contribution in [2.45, 2.75) is 97.4 Å². The Morgan fingerprint density at radius 2 is 1.45 bits per heavy atom. The monoisotopic (exact) mass is 529 g/mol. The molecule has 8 heteroatoms. The van der Waals surface area contributed by atoms with Crippen LogP contribution in [0.2, 0.25) is 0 Å². The second kappa shape index (κ2) is 14.9. The Balaban J connectivity index is 1.46. The molecule has 0 radical (unpaired) electrons. The lowest BCUT2D eigenvalue weighted by atomic mass is 10.0. The van der Waals surface area contributed by atoms with Gasteiger partial charge >= 0.3 is 5.97 Å². The van der Waals surface area contributed by atoms with Gasteiger partial charge in [0.05, 0.1) is 11.2 Å². The maximum Gasteiger partial charge on any atom is 0.341 e. The molecular weight excluding hydrogens is 485 g/mol. The largest absolute Gasteiger partial charge is 0.477 e. The van der Waals surface area contributed by atoms with E-state index in [1.165, 1.54) is 64.0 Å². The van der Waals surface area contributed by atoms with Crippen molar-refractivity contribution in [2.24, 2.45) is 0 Å². The molecule has 3 rings (SSSR count). The molecule has 210 valence electrons. The van der Waals surface area contributed by atoms with E-state index in [9.17, 15) is 19.5 Å². The van der Waals surface area contributed by atoms with Gasteiger partial charge in [0, 0.05) is 50.7 Å². The Hall–Kier alpha value is -2.90. The average Bonchev–Trinajstić information content (AvgIpc) is 2.91. The molecule has 0 atom stereocenters. The van der Waals surface area contributed by atoms with Gasteiger partial charge < -0.3 is 19.5 Å². The number of carboxylic acid groups (broad SMARTS) is 1. The maximum absolute atomic E-state index is 15.1. The summed E-state index contributed by atoms with van der Waals surface area (Å²) in [4.78, 5) is 40.5. The van der Waals surface area contributed by atoms with Crippen LogP contribution in [-0.2, 0) is 11.3 Å². The van der Waals surface area contributed by atoms with Crippen molar-refractivity contribution >= 4 is 28.5 Å². The molecule has 0 unspecified atom stereocenters. The lowest BCUT2D eigenvalue weighted by molar-refractivity contribution is -0.131. The lowest BCUT2D eigenvalue weighted by Gasteiger charge is -2.36. The zero-order valence-corrected chi connectivity index (χ0v) is 23.1. The van der Waals surface area contributed by atoms with Gasteiger partial charge in [-0.15, -0.1) is 0 Å². The normalized spacial score (nSPS) is 13.9. The van der Waals surface area contributed by atoms with Crippen LogP contribution >= 0.6 is 0 Å². The van der Waals surface area contributed by atoms with E-state index in [4.69, 9.17) is 0 Å². The van der Waals surface area contributed by atoms with Crippen LogP contribution in [0.3, 0.4) is 0 Å². The van der Waals surface area contributed by atoms with Gasteiger partial charge in [-0.3, -0.25) is 9.59 Å². The number of anilines is 1. The van der Waals surface area contributed by atoms with Crippen LogP contribution in [0, 0.1) is 5.82 Å². The summed E-state index contributed by atoms with van der Waals surface area (Å²) in [6.45, 7) is 6.63. The van der Waals surface area contributed by atoms with E-state index in [1.807, 2.05) is 16.7 Å². The third-order valence-corrected chi connectivity index (χ3v) is 7.69. The lowest BCUT2D eigenvalue weighted by Crippen LogP contribution is -2.49. The highest BCUT2D eigenvalue weighted by Crippen LogP contribution is 2.26. The first kappa shape index (κ1) is 29.7.